The third-order valence-corrected chi connectivity index (χ3v) is 4.46. The lowest BCUT2D eigenvalue weighted by Crippen LogP contribution is -2.42. The number of hydrogen-bond donors (Lipinski definition) is 1. The molecule has 1 atom stereocenters. The topological polar surface area (TPSA) is 59.9 Å². The van der Waals surface area contributed by atoms with Crippen LogP contribution in [0.5, 0.6) is 11.5 Å². The number of nitrogens with zero attached hydrogens (tertiary/aromatic N) is 1. The predicted octanol–water partition coefficient (Wildman–Crippen LogP) is 4.07. The summed E-state index contributed by atoms with van der Waals surface area (Å²) < 4.78 is 25.1. The van der Waals surface area contributed by atoms with Gasteiger partial charge < -0.3 is 9.47 Å². The van der Waals surface area contributed by atoms with Crippen LogP contribution in [-0.4, -0.2) is 24.8 Å². The Bertz CT molecular complexity index is 873. The fraction of sp³-hybridized carbons (Fsp3) is 0.300. The van der Waals surface area contributed by atoms with Crippen LogP contribution in [0.25, 0.3) is 0 Å². The van der Waals surface area contributed by atoms with E-state index in [9.17, 15) is 9.18 Å². The third kappa shape index (κ3) is 4.39. The van der Waals surface area contributed by atoms with E-state index in [1.807, 2.05) is 18.2 Å². The summed E-state index contributed by atoms with van der Waals surface area (Å²) in [6, 6.07) is 9.97. The van der Waals surface area contributed by atoms with Crippen molar-refractivity contribution in [2.75, 3.05) is 6.61 Å². The molecular weight excluding hydrogens is 371 g/mol. The lowest BCUT2D eigenvalue weighted by atomic mass is 9.87. The molecule has 142 valence electrons. The minimum atomic E-state index is -0.860. The van der Waals surface area contributed by atoms with Crippen molar-refractivity contribution in [2.45, 2.75) is 32.3 Å². The van der Waals surface area contributed by atoms with Crippen LogP contribution in [-0.2, 0) is 10.2 Å². The summed E-state index contributed by atoms with van der Waals surface area (Å²) >= 11 is 5.91. The Balaban J connectivity index is 1.68. The molecule has 5 nitrogen and oxygen atoms in total. The molecule has 0 unspecified atom stereocenters. The predicted molar refractivity (Wildman–Crippen MR) is 102 cm³/mol. The van der Waals surface area contributed by atoms with Gasteiger partial charge in [-0.25, -0.2) is 9.82 Å². The molecular formula is C20H20ClFN2O3. The van der Waals surface area contributed by atoms with Gasteiger partial charge in [-0.2, -0.15) is 5.10 Å². The molecule has 1 amide bonds. The van der Waals surface area contributed by atoms with E-state index >= 15 is 0 Å². The Hall–Kier alpha value is -2.60. The fourth-order valence-electron chi connectivity index (χ4n) is 2.53. The highest BCUT2D eigenvalue weighted by molar-refractivity contribution is 6.33. The number of fused-ring (bicyclic) bond motifs is 1. The van der Waals surface area contributed by atoms with Crippen molar-refractivity contribution in [3.05, 3.63) is 58.4 Å². The van der Waals surface area contributed by atoms with E-state index in [1.165, 1.54) is 18.2 Å². The van der Waals surface area contributed by atoms with Crippen LogP contribution >= 0.6 is 11.6 Å². The monoisotopic (exact) mass is 390 g/mol. The standard InChI is InChI=1S/C20H20ClFN2O3/c1-20(2,3)12-7-8-16-17(9-12)27-18(11-26-16)19(25)24-23-10-13-14(21)5-4-6-15(13)22/h4-10,18H,11H2,1-3H3,(H,24,25)/b23-10-/t18-/m1/s1. The third-order valence-electron chi connectivity index (χ3n) is 4.13. The largest absolute Gasteiger partial charge is 0.485 e. The molecule has 1 aliphatic rings. The average Bonchev–Trinajstić information content (AvgIpc) is 2.62. The van der Waals surface area contributed by atoms with Crippen molar-refractivity contribution < 1.29 is 18.7 Å². The number of hydrazone groups is 1. The van der Waals surface area contributed by atoms with Crippen LogP contribution in [0.1, 0.15) is 31.9 Å². The van der Waals surface area contributed by atoms with E-state index in [0.29, 0.717) is 11.5 Å². The van der Waals surface area contributed by atoms with Gasteiger partial charge in [0.15, 0.2) is 11.5 Å². The zero-order valence-electron chi connectivity index (χ0n) is 15.3. The van der Waals surface area contributed by atoms with Gasteiger partial charge in [0.05, 0.1) is 11.2 Å². The molecule has 0 saturated carbocycles. The number of amides is 1. The van der Waals surface area contributed by atoms with E-state index in [1.54, 1.807) is 0 Å². The van der Waals surface area contributed by atoms with Gasteiger partial charge in [0, 0.05) is 5.56 Å². The minimum Gasteiger partial charge on any atom is -0.485 e. The van der Waals surface area contributed by atoms with Crippen molar-refractivity contribution >= 4 is 23.7 Å². The number of carbonyl (C=O) groups excluding carboxylic acids is 1. The highest BCUT2D eigenvalue weighted by Crippen LogP contribution is 2.36. The van der Waals surface area contributed by atoms with Crippen molar-refractivity contribution in [2.24, 2.45) is 5.10 Å². The van der Waals surface area contributed by atoms with E-state index < -0.39 is 17.8 Å². The van der Waals surface area contributed by atoms with E-state index in [4.69, 9.17) is 21.1 Å². The number of ether oxygens (including phenoxy) is 2. The first-order valence-electron chi connectivity index (χ1n) is 8.46. The van der Waals surface area contributed by atoms with E-state index in [-0.39, 0.29) is 22.6 Å². The molecule has 0 spiro atoms. The second-order valence-corrected chi connectivity index (χ2v) is 7.61. The van der Waals surface area contributed by atoms with Crippen molar-refractivity contribution in [3.63, 3.8) is 0 Å². The molecule has 2 aromatic rings. The second-order valence-electron chi connectivity index (χ2n) is 7.20. The summed E-state index contributed by atoms with van der Waals surface area (Å²) in [4.78, 5) is 12.3. The van der Waals surface area contributed by atoms with Gasteiger partial charge in [-0.1, -0.05) is 44.5 Å². The molecule has 3 rings (SSSR count). The quantitative estimate of drug-likeness (QED) is 0.635. The maximum Gasteiger partial charge on any atom is 0.284 e. The minimum absolute atomic E-state index is 0.0586. The summed E-state index contributed by atoms with van der Waals surface area (Å²) in [6.07, 6.45) is 0.297. The van der Waals surface area contributed by atoms with Gasteiger partial charge >= 0.3 is 0 Å². The van der Waals surface area contributed by atoms with Gasteiger partial charge in [0.2, 0.25) is 6.10 Å². The van der Waals surface area contributed by atoms with Gasteiger partial charge in [0.1, 0.15) is 12.4 Å². The van der Waals surface area contributed by atoms with Crippen molar-refractivity contribution in [3.8, 4) is 11.5 Å². The normalized spacial score (nSPS) is 16.4. The van der Waals surface area contributed by atoms with Crippen LogP contribution < -0.4 is 14.9 Å². The molecule has 1 aliphatic heterocycles. The van der Waals surface area contributed by atoms with E-state index in [2.05, 4.69) is 31.3 Å². The van der Waals surface area contributed by atoms with Gasteiger partial charge in [-0.3, -0.25) is 4.79 Å². The Kier molecular flexibility index (Phi) is 5.37. The van der Waals surface area contributed by atoms with Gasteiger partial charge in [-0.05, 0) is 35.2 Å². The molecule has 7 heteroatoms. The first-order valence-corrected chi connectivity index (χ1v) is 8.84. The Morgan fingerprint density at radius 2 is 2.07 bits per heavy atom. The SMILES string of the molecule is CC(C)(C)c1ccc2c(c1)O[C@@H](C(=O)N/N=C\c1c(F)cccc1Cl)CO2. The first-order chi connectivity index (χ1) is 12.8. The highest BCUT2D eigenvalue weighted by Gasteiger charge is 2.28. The molecule has 2 aromatic carbocycles. The van der Waals surface area contributed by atoms with Crippen molar-refractivity contribution in [1.29, 1.82) is 0 Å². The maximum atomic E-state index is 13.7. The van der Waals surface area contributed by atoms with Gasteiger partial charge in [0.25, 0.3) is 5.91 Å². The molecule has 0 radical (unpaired) electrons. The number of rotatable bonds is 3. The molecule has 0 fully saturated rings. The number of hydrogen-bond acceptors (Lipinski definition) is 4. The molecule has 0 saturated heterocycles. The molecule has 1 heterocycles. The van der Waals surface area contributed by atoms with Gasteiger partial charge in [-0.15, -0.1) is 0 Å². The van der Waals surface area contributed by atoms with Crippen LogP contribution in [0.4, 0.5) is 4.39 Å². The highest BCUT2D eigenvalue weighted by atomic mass is 35.5. The van der Waals surface area contributed by atoms with E-state index in [0.717, 1.165) is 11.8 Å². The summed E-state index contributed by atoms with van der Waals surface area (Å²) in [6.45, 7) is 6.32. The number of halogens is 2. The second kappa shape index (κ2) is 7.56. The lowest BCUT2D eigenvalue weighted by Gasteiger charge is -2.27. The molecule has 27 heavy (non-hydrogen) atoms. The van der Waals surface area contributed by atoms with Crippen molar-refractivity contribution in [1.82, 2.24) is 5.43 Å². The maximum absolute atomic E-state index is 13.7. The zero-order valence-corrected chi connectivity index (χ0v) is 16.0. The average molecular weight is 391 g/mol. The molecule has 1 N–H and O–H groups in total. The zero-order chi connectivity index (χ0) is 19.6. The Labute approximate surface area is 162 Å². The lowest BCUT2D eigenvalue weighted by molar-refractivity contribution is -0.130. The Morgan fingerprint density at radius 3 is 2.78 bits per heavy atom. The molecule has 0 bridgehead atoms. The Morgan fingerprint density at radius 1 is 1.30 bits per heavy atom. The van der Waals surface area contributed by atoms with Crippen LogP contribution in [0, 0.1) is 5.82 Å². The fourth-order valence-corrected chi connectivity index (χ4v) is 2.75. The number of nitrogens with one attached hydrogen (secondary N) is 1. The summed E-state index contributed by atoms with van der Waals surface area (Å²) in [5.74, 6) is 0.0792. The van der Waals surface area contributed by atoms with Crippen LogP contribution in [0.15, 0.2) is 41.5 Å². The molecule has 0 aromatic heterocycles. The summed E-state index contributed by atoms with van der Waals surface area (Å²) in [5.41, 5.74) is 3.44. The molecule has 0 aliphatic carbocycles. The summed E-state index contributed by atoms with van der Waals surface area (Å²) in [5, 5.41) is 3.97. The number of benzene rings is 2. The van der Waals surface area contributed by atoms with Crippen LogP contribution in [0.3, 0.4) is 0 Å². The number of carbonyl (C=O) groups is 1. The summed E-state index contributed by atoms with van der Waals surface area (Å²) in [7, 11) is 0. The smallest absolute Gasteiger partial charge is 0.284 e. The van der Waals surface area contributed by atoms with Crippen LogP contribution in [0.2, 0.25) is 5.02 Å². The first kappa shape index (κ1) is 19.2.